The van der Waals surface area contributed by atoms with Crippen LogP contribution in [0.2, 0.25) is 0 Å². The maximum absolute atomic E-state index is 12.6. The standard InChI is InChI=1S/C18H27NO4/c1-3-21-13-14-22-16-9-7-15(8-10-16)19-17(20)18(23-4-2)11-5-6-12-18/h7-10H,3-6,11-14H2,1-2H3,(H,19,20). The lowest BCUT2D eigenvalue weighted by molar-refractivity contribution is -0.140. The SMILES string of the molecule is CCOCCOc1ccc(NC(=O)C2(OCC)CCCC2)cc1. The monoisotopic (exact) mass is 321 g/mol. The van der Waals surface area contributed by atoms with Gasteiger partial charge in [0.2, 0.25) is 0 Å². The third-order valence-corrected chi connectivity index (χ3v) is 4.06. The number of anilines is 1. The van der Waals surface area contributed by atoms with Gasteiger partial charge in [-0.1, -0.05) is 0 Å². The molecule has 0 atom stereocenters. The molecule has 0 aliphatic heterocycles. The van der Waals surface area contributed by atoms with E-state index in [0.29, 0.717) is 26.4 Å². The first kappa shape index (κ1) is 17.8. The summed E-state index contributed by atoms with van der Waals surface area (Å²) in [5, 5.41) is 2.97. The summed E-state index contributed by atoms with van der Waals surface area (Å²) in [6, 6.07) is 7.40. The van der Waals surface area contributed by atoms with Gasteiger partial charge in [-0.05, 0) is 63.8 Å². The van der Waals surface area contributed by atoms with Crippen LogP contribution >= 0.6 is 0 Å². The molecule has 2 rings (SSSR count). The van der Waals surface area contributed by atoms with E-state index in [1.807, 2.05) is 38.1 Å². The molecule has 5 nitrogen and oxygen atoms in total. The van der Waals surface area contributed by atoms with Gasteiger partial charge in [0.25, 0.3) is 5.91 Å². The Morgan fingerprint density at radius 1 is 1.09 bits per heavy atom. The number of rotatable bonds is 9. The Hall–Kier alpha value is -1.59. The van der Waals surface area contributed by atoms with Crippen molar-refractivity contribution in [3.05, 3.63) is 24.3 Å². The van der Waals surface area contributed by atoms with Crippen LogP contribution in [0.5, 0.6) is 5.75 Å². The van der Waals surface area contributed by atoms with Crippen molar-refractivity contribution in [2.75, 3.05) is 31.7 Å². The molecule has 0 unspecified atom stereocenters. The minimum absolute atomic E-state index is 0.0399. The molecule has 0 spiro atoms. The molecule has 1 aliphatic rings. The summed E-state index contributed by atoms with van der Waals surface area (Å²) in [6.45, 7) is 6.23. The Labute approximate surface area is 138 Å². The molecular weight excluding hydrogens is 294 g/mol. The van der Waals surface area contributed by atoms with E-state index in [1.54, 1.807) is 0 Å². The molecule has 128 valence electrons. The predicted molar refractivity (Wildman–Crippen MR) is 89.9 cm³/mol. The van der Waals surface area contributed by atoms with Crippen LogP contribution in [0.3, 0.4) is 0 Å². The second-order valence-electron chi connectivity index (χ2n) is 5.66. The Morgan fingerprint density at radius 2 is 1.78 bits per heavy atom. The van der Waals surface area contributed by atoms with Crippen molar-refractivity contribution in [2.45, 2.75) is 45.1 Å². The Morgan fingerprint density at radius 3 is 2.39 bits per heavy atom. The zero-order valence-electron chi connectivity index (χ0n) is 14.1. The fourth-order valence-electron chi connectivity index (χ4n) is 2.90. The summed E-state index contributed by atoms with van der Waals surface area (Å²) in [6.07, 6.45) is 3.68. The van der Waals surface area contributed by atoms with E-state index in [2.05, 4.69) is 5.32 Å². The maximum atomic E-state index is 12.6. The lowest BCUT2D eigenvalue weighted by Gasteiger charge is -2.27. The molecule has 1 aromatic rings. The number of amides is 1. The minimum atomic E-state index is -0.651. The average Bonchev–Trinajstić information content (AvgIpc) is 3.03. The lowest BCUT2D eigenvalue weighted by atomic mass is 10.0. The molecule has 0 bridgehead atoms. The van der Waals surface area contributed by atoms with Gasteiger partial charge in [-0.25, -0.2) is 0 Å². The zero-order chi connectivity index (χ0) is 16.5. The van der Waals surface area contributed by atoms with E-state index in [0.717, 1.165) is 37.1 Å². The average molecular weight is 321 g/mol. The van der Waals surface area contributed by atoms with E-state index < -0.39 is 5.60 Å². The van der Waals surface area contributed by atoms with Gasteiger partial charge < -0.3 is 19.5 Å². The van der Waals surface area contributed by atoms with Gasteiger partial charge >= 0.3 is 0 Å². The third-order valence-electron chi connectivity index (χ3n) is 4.06. The molecule has 23 heavy (non-hydrogen) atoms. The van der Waals surface area contributed by atoms with Crippen LogP contribution in [-0.4, -0.2) is 37.9 Å². The van der Waals surface area contributed by atoms with Crippen molar-refractivity contribution < 1.29 is 19.0 Å². The number of hydrogen-bond acceptors (Lipinski definition) is 4. The number of hydrogen-bond donors (Lipinski definition) is 1. The summed E-state index contributed by atoms with van der Waals surface area (Å²) in [5.74, 6) is 0.727. The first-order valence-electron chi connectivity index (χ1n) is 8.46. The van der Waals surface area contributed by atoms with Crippen LogP contribution in [-0.2, 0) is 14.3 Å². The predicted octanol–water partition coefficient (Wildman–Crippen LogP) is 3.39. The van der Waals surface area contributed by atoms with E-state index in [9.17, 15) is 4.79 Å². The van der Waals surface area contributed by atoms with Gasteiger partial charge in [0, 0.05) is 18.9 Å². The number of ether oxygens (including phenoxy) is 3. The topological polar surface area (TPSA) is 56.8 Å². The summed E-state index contributed by atoms with van der Waals surface area (Å²) in [7, 11) is 0. The molecule has 1 aliphatic carbocycles. The highest BCUT2D eigenvalue weighted by atomic mass is 16.5. The summed E-state index contributed by atoms with van der Waals surface area (Å²) in [5.41, 5.74) is 0.111. The largest absolute Gasteiger partial charge is 0.491 e. The number of carbonyl (C=O) groups is 1. The van der Waals surface area contributed by atoms with Crippen molar-refractivity contribution in [3.8, 4) is 5.75 Å². The van der Waals surface area contributed by atoms with Gasteiger partial charge in [0.15, 0.2) is 0 Å². The van der Waals surface area contributed by atoms with Gasteiger partial charge in [-0.15, -0.1) is 0 Å². The van der Waals surface area contributed by atoms with E-state index >= 15 is 0 Å². The quantitative estimate of drug-likeness (QED) is 0.708. The van der Waals surface area contributed by atoms with E-state index in [1.165, 1.54) is 0 Å². The van der Waals surface area contributed by atoms with Crippen LogP contribution in [0.15, 0.2) is 24.3 Å². The first-order chi connectivity index (χ1) is 11.2. The molecule has 0 aromatic heterocycles. The second-order valence-corrected chi connectivity index (χ2v) is 5.66. The van der Waals surface area contributed by atoms with Crippen LogP contribution in [0.25, 0.3) is 0 Å². The van der Waals surface area contributed by atoms with Crippen molar-refractivity contribution in [1.29, 1.82) is 0 Å². The molecule has 1 aromatic carbocycles. The smallest absolute Gasteiger partial charge is 0.256 e. The van der Waals surface area contributed by atoms with Crippen molar-refractivity contribution in [1.82, 2.24) is 0 Å². The maximum Gasteiger partial charge on any atom is 0.256 e. The molecule has 1 N–H and O–H groups in total. The lowest BCUT2D eigenvalue weighted by Crippen LogP contribution is -2.43. The zero-order valence-corrected chi connectivity index (χ0v) is 14.1. The highest BCUT2D eigenvalue weighted by Crippen LogP contribution is 2.34. The van der Waals surface area contributed by atoms with Gasteiger partial charge in [-0.2, -0.15) is 0 Å². The fraction of sp³-hybridized carbons (Fsp3) is 0.611. The summed E-state index contributed by atoms with van der Waals surface area (Å²) >= 11 is 0. The second kappa shape index (κ2) is 8.89. The highest BCUT2D eigenvalue weighted by molar-refractivity contribution is 5.97. The highest BCUT2D eigenvalue weighted by Gasteiger charge is 2.41. The van der Waals surface area contributed by atoms with Gasteiger partial charge in [-0.3, -0.25) is 4.79 Å². The van der Waals surface area contributed by atoms with Crippen LogP contribution in [0.1, 0.15) is 39.5 Å². The van der Waals surface area contributed by atoms with Crippen LogP contribution in [0, 0.1) is 0 Å². The van der Waals surface area contributed by atoms with Crippen molar-refractivity contribution >= 4 is 11.6 Å². The molecule has 1 fully saturated rings. The summed E-state index contributed by atoms with van der Waals surface area (Å²) in [4.78, 5) is 12.6. The number of carbonyl (C=O) groups excluding carboxylic acids is 1. The minimum Gasteiger partial charge on any atom is -0.491 e. The number of nitrogens with one attached hydrogen (secondary N) is 1. The normalized spacial score (nSPS) is 16.3. The van der Waals surface area contributed by atoms with Gasteiger partial charge in [0.1, 0.15) is 18.0 Å². The fourth-order valence-corrected chi connectivity index (χ4v) is 2.90. The third kappa shape index (κ3) is 4.94. The molecule has 0 radical (unpaired) electrons. The van der Waals surface area contributed by atoms with Crippen molar-refractivity contribution in [2.24, 2.45) is 0 Å². The first-order valence-corrected chi connectivity index (χ1v) is 8.46. The van der Waals surface area contributed by atoms with Gasteiger partial charge in [0.05, 0.1) is 6.61 Å². The molecular formula is C18H27NO4. The summed E-state index contributed by atoms with van der Waals surface area (Å²) < 4.78 is 16.6. The van der Waals surface area contributed by atoms with Crippen LogP contribution in [0.4, 0.5) is 5.69 Å². The Balaban J connectivity index is 1.88. The Kier molecular flexibility index (Phi) is 6.86. The molecule has 0 heterocycles. The molecule has 5 heteroatoms. The molecule has 1 amide bonds. The van der Waals surface area contributed by atoms with Crippen molar-refractivity contribution in [3.63, 3.8) is 0 Å². The Bertz CT molecular complexity index is 480. The number of benzene rings is 1. The molecule has 1 saturated carbocycles. The van der Waals surface area contributed by atoms with Crippen LogP contribution < -0.4 is 10.1 Å². The molecule has 0 saturated heterocycles. The van der Waals surface area contributed by atoms with E-state index in [4.69, 9.17) is 14.2 Å². The van der Waals surface area contributed by atoms with E-state index in [-0.39, 0.29) is 5.91 Å².